The van der Waals surface area contributed by atoms with E-state index >= 15 is 0 Å². The molecule has 0 fully saturated rings. The first-order chi connectivity index (χ1) is 15.5. The summed E-state index contributed by atoms with van der Waals surface area (Å²) in [7, 11) is -3.56. The third-order valence-corrected chi connectivity index (χ3v) is 5.68. The summed E-state index contributed by atoms with van der Waals surface area (Å²) < 4.78 is 69.5. The zero-order chi connectivity index (χ0) is 24.1. The fourth-order valence-corrected chi connectivity index (χ4v) is 3.87. The molecule has 1 amide bonds. The molecule has 33 heavy (non-hydrogen) atoms. The lowest BCUT2D eigenvalue weighted by molar-refractivity contribution is -0.137. The van der Waals surface area contributed by atoms with E-state index < -0.39 is 34.3 Å². The van der Waals surface area contributed by atoms with Crippen LogP contribution in [0.4, 0.5) is 24.5 Å². The van der Waals surface area contributed by atoms with E-state index in [1.54, 1.807) is 12.1 Å². The van der Waals surface area contributed by atoms with Gasteiger partial charge in [0.25, 0.3) is 5.91 Å². The molecular formula is C23H21F3N2O4S. The van der Waals surface area contributed by atoms with E-state index in [0.29, 0.717) is 11.4 Å². The molecule has 0 aliphatic carbocycles. The molecule has 6 nitrogen and oxygen atoms in total. The SMILES string of the molecule is CS(=O)(=O)N(Cc1ccccc1)c1ccc(OCC(=O)Nc2cccc(C(F)(F)F)c2)cc1. The summed E-state index contributed by atoms with van der Waals surface area (Å²) in [6.45, 7) is -0.283. The van der Waals surface area contributed by atoms with Crippen molar-refractivity contribution < 1.29 is 31.1 Å². The Hall–Kier alpha value is -3.53. The van der Waals surface area contributed by atoms with Crippen LogP contribution in [0.15, 0.2) is 78.9 Å². The maximum Gasteiger partial charge on any atom is 0.416 e. The van der Waals surface area contributed by atoms with E-state index in [9.17, 15) is 26.4 Å². The van der Waals surface area contributed by atoms with E-state index in [1.807, 2.05) is 30.3 Å². The van der Waals surface area contributed by atoms with Gasteiger partial charge in [0.15, 0.2) is 6.61 Å². The predicted molar refractivity (Wildman–Crippen MR) is 119 cm³/mol. The molecule has 3 rings (SSSR count). The van der Waals surface area contributed by atoms with Crippen molar-refractivity contribution >= 4 is 27.3 Å². The normalized spacial score (nSPS) is 11.6. The Bertz CT molecular complexity index is 1200. The van der Waals surface area contributed by atoms with E-state index in [4.69, 9.17) is 4.74 Å². The summed E-state index contributed by atoms with van der Waals surface area (Å²) in [5.41, 5.74) is 0.359. The smallest absolute Gasteiger partial charge is 0.416 e. The fraction of sp³-hybridized carbons (Fsp3) is 0.174. The minimum Gasteiger partial charge on any atom is -0.484 e. The lowest BCUT2D eigenvalue weighted by Crippen LogP contribution is -2.29. The van der Waals surface area contributed by atoms with Crippen molar-refractivity contribution in [2.24, 2.45) is 0 Å². The summed E-state index contributed by atoms with van der Waals surface area (Å²) in [4.78, 5) is 12.1. The molecule has 0 aromatic heterocycles. The van der Waals surface area contributed by atoms with Crippen LogP contribution in [0.1, 0.15) is 11.1 Å². The molecule has 0 atom stereocenters. The van der Waals surface area contributed by atoms with Gasteiger partial charge in [-0.15, -0.1) is 0 Å². The van der Waals surface area contributed by atoms with Gasteiger partial charge in [-0.3, -0.25) is 9.10 Å². The lowest BCUT2D eigenvalue weighted by atomic mass is 10.2. The average Bonchev–Trinajstić information content (AvgIpc) is 2.76. The number of ether oxygens (including phenoxy) is 1. The molecule has 0 heterocycles. The first-order valence-electron chi connectivity index (χ1n) is 9.74. The number of rotatable bonds is 8. The molecule has 0 saturated carbocycles. The van der Waals surface area contributed by atoms with Crippen molar-refractivity contribution in [2.75, 3.05) is 22.5 Å². The lowest BCUT2D eigenvalue weighted by Gasteiger charge is -2.22. The maximum absolute atomic E-state index is 12.8. The van der Waals surface area contributed by atoms with E-state index in [0.717, 1.165) is 24.0 Å². The van der Waals surface area contributed by atoms with Crippen LogP contribution >= 0.6 is 0 Å². The largest absolute Gasteiger partial charge is 0.484 e. The first kappa shape index (κ1) is 24.1. The number of sulfonamides is 1. The third-order valence-electron chi connectivity index (χ3n) is 4.54. The molecule has 174 valence electrons. The number of hydrogen-bond donors (Lipinski definition) is 1. The van der Waals surface area contributed by atoms with Crippen molar-refractivity contribution in [1.29, 1.82) is 0 Å². The molecule has 3 aromatic rings. The number of hydrogen-bond acceptors (Lipinski definition) is 4. The van der Waals surface area contributed by atoms with Crippen LogP contribution in [0.3, 0.4) is 0 Å². The molecule has 0 aliphatic heterocycles. The van der Waals surface area contributed by atoms with Crippen molar-refractivity contribution in [1.82, 2.24) is 0 Å². The zero-order valence-corrected chi connectivity index (χ0v) is 18.4. The number of nitrogens with zero attached hydrogens (tertiary/aromatic N) is 1. The highest BCUT2D eigenvalue weighted by atomic mass is 32.2. The van der Waals surface area contributed by atoms with Gasteiger partial charge in [0.2, 0.25) is 10.0 Å². The van der Waals surface area contributed by atoms with Crippen molar-refractivity contribution in [3.8, 4) is 5.75 Å². The van der Waals surface area contributed by atoms with Gasteiger partial charge < -0.3 is 10.1 Å². The number of halogens is 3. The molecular weight excluding hydrogens is 457 g/mol. The Balaban J connectivity index is 1.62. The number of benzene rings is 3. The standard InChI is InChI=1S/C23H21F3N2O4S/c1-33(30,31)28(15-17-6-3-2-4-7-17)20-10-12-21(13-11-20)32-16-22(29)27-19-9-5-8-18(14-19)23(24,25)26/h2-14H,15-16H2,1H3,(H,27,29). The van der Waals surface area contributed by atoms with Crippen LogP contribution in [0.5, 0.6) is 5.75 Å². The number of amides is 1. The summed E-state index contributed by atoms with van der Waals surface area (Å²) >= 11 is 0. The maximum atomic E-state index is 12.8. The van der Waals surface area contributed by atoms with E-state index in [2.05, 4.69) is 5.32 Å². The minimum absolute atomic E-state index is 0.00141. The van der Waals surface area contributed by atoms with Gasteiger partial charge in [-0.1, -0.05) is 36.4 Å². The van der Waals surface area contributed by atoms with Gasteiger partial charge in [-0.25, -0.2) is 8.42 Å². The quantitative estimate of drug-likeness (QED) is 0.510. The molecule has 0 aliphatic rings. The van der Waals surface area contributed by atoms with Crippen molar-refractivity contribution in [3.63, 3.8) is 0 Å². The second-order valence-electron chi connectivity index (χ2n) is 7.16. The Morgan fingerprint density at radius 3 is 2.24 bits per heavy atom. The molecule has 0 unspecified atom stereocenters. The highest BCUT2D eigenvalue weighted by molar-refractivity contribution is 7.92. The van der Waals surface area contributed by atoms with E-state index in [-0.39, 0.29) is 12.2 Å². The summed E-state index contributed by atoms with van der Waals surface area (Å²) in [6, 6.07) is 19.5. The summed E-state index contributed by atoms with van der Waals surface area (Å²) in [5, 5.41) is 2.35. The van der Waals surface area contributed by atoms with Crippen molar-refractivity contribution in [3.05, 3.63) is 90.0 Å². The van der Waals surface area contributed by atoms with Gasteiger partial charge in [0.1, 0.15) is 5.75 Å². The number of nitrogens with one attached hydrogen (secondary N) is 1. The first-order valence-corrected chi connectivity index (χ1v) is 11.6. The molecule has 3 aromatic carbocycles. The Morgan fingerprint density at radius 1 is 0.970 bits per heavy atom. The Morgan fingerprint density at radius 2 is 1.64 bits per heavy atom. The zero-order valence-electron chi connectivity index (χ0n) is 17.5. The molecule has 10 heteroatoms. The fourth-order valence-electron chi connectivity index (χ4n) is 2.98. The second-order valence-corrected chi connectivity index (χ2v) is 9.07. The topological polar surface area (TPSA) is 75.7 Å². The van der Waals surface area contributed by atoms with Gasteiger partial charge in [-0.05, 0) is 48.0 Å². The average molecular weight is 478 g/mol. The molecule has 0 spiro atoms. The third kappa shape index (κ3) is 6.98. The molecule has 1 N–H and O–H groups in total. The summed E-state index contributed by atoms with van der Waals surface area (Å²) in [5.74, 6) is -0.341. The van der Waals surface area contributed by atoms with Gasteiger partial charge in [0, 0.05) is 5.69 Å². The predicted octanol–water partition coefficient (Wildman–Crippen LogP) is 4.69. The van der Waals surface area contributed by atoms with Crippen molar-refractivity contribution in [2.45, 2.75) is 12.7 Å². The van der Waals surface area contributed by atoms with Crippen LogP contribution in [-0.4, -0.2) is 27.2 Å². The van der Waals surface area contributed by atoms with Crippen LogP contribution in [-0.2, 0) is 27.5 Å². The minimum atomic E-state index is -4.51. The number of carbonyl (C=O) groups excluding carboxylic acids is 1. The van der Waals surface area contributed by atoms with E-state index in [1.165, 1.54) is 28.6 Å². The monoisotopic (exact) mass is 478 g/mol. The molecule has 0 saturated heterocycles. The van der Waals surface area contributed by atoms with Gasteiger partial charge in [0.05, 0.1) is 24.1 Å². The molecule has 0 radical (unpaired) electrons. The van der Waals surface area contributed by atoms with Crippen LogP contribution in [0.2, 0.25) is 0 Å². The van der Waals surface area contributed by atoms with Crippen LogP contribution < -0.4 is 14.4 Å². The van der Waals surface area contributed by atoms with Gasteiger partial charge >= 0.3 is 6.18 Å². The highest BCUT2D eigenvalue weighted by Gasteiger charge is 2.30. The Labute approximate surface area is 189 Å². The van der Waals surface area contributed by atoms with Crippen LogP contribution in [0, 0.1) is 0 Å². The number of alkyl halides is 3. The summed E-state index contributed by atoms with van der Waals surface area (Å²) in [6.07, 6.45) is -3.40. The highest BCUT2D eigenvalue weighted by Crippen LogP contribution is 2.30. The molecule has 0 bridgehead atoms. The second kappa shape index (κ2) is 9.95. The Kier molecular flexibility index (Phi) is 7.27. The van der Waals surface area contributed by atoms with Gasteiger partial charge in [-0.2, -0.15) is 13.2 Å². The number of carbonyl (C=O) groups is 1. The number of anilines is 2. The van der Waals surface area contributed by atoms with Crippen LogP contribution in [0.25, 0.3) is 0 Å².